The van der Waals surface area contributed by atoms with Gasteiger partial charge in [0, 0.05) is 13.1 Å². The summed E-state index contributed by atoms with van der Waals surface area (Å²) in [6.07, 6.45) is 4.54. The van der Waals surface area contributed by atoms with E-state index in [-0.39, 0.29) is 0 Å². The van der Waals surface area contributed by atoms with Crippen LogP contribution in [0.25, 0.3) is 0 Å². The maximum atomic E-state index is 5.37. The number of pyridine rings is 1. The van der Waals surface area contributed by atoms with Gasteiger partial charge in [-0.25, -0.2) is 0 Å². The number of aromatic nitrogens is 1. The quantitative estimate of drug-likeness (QED) is 0.795. The summed E-state index contributed by atoms with van der Waals surface area (Å²) in [5.41, 5.74) is 2.44. The molecule has 4 heteroatoms. The van der Waals surface area contributed by atoms with Crippen molar-refractivity contribution in [2.24, 2.45) is 0 Å². The third kappa shape index (κ3) is 2.35. The lowest BCUT2D eigenvalue weighted by Gasteiger charge is -2.29. The molecule has 0 radical (unpaired) electrons. The largest absolute Gasteiger partial charge is 0.378 e. The summed E-state index contributed by atoms with van der Waals surface area (Å²) in [5.74, 6) is 0. The molecule has 0 aliphatic carbocycles. The normalized spacial score (nSPS) is 25.6. The molecule has 3 heterocycles. The molecule has 1 aromatic rings. The van der Waals surface area contributed by atoms with Crippen molar-refractivity contribution < 1.29 is 4.74 Å². The Labute approximate surface area is 109 Å². The van der Waals surface area contributed by atoms with E-state index in [9.17, 15) is 0 Å². The van der Waals surface area contributed by atoms with Crippen LogP contribution in [0.4, 0.5) is 5.69 Å². The molecule has 3 rings (SSSR count). The van der Waals surface area contributed by atoms with E-state index in [1.54, 1.807) is 0 Å². The van der Waals surface area contributed by atoms with Gasteiger partial charge in [0.05, 0.1) is 36.8 Å². The first-order chi connectivity index (χ1) is 8.84. The van der Waals surface area contributed by atoms with Gasteiger partial charge in [-0.15, -0.1) is 0 Å². The molecule has 2 aliphatic rings. The van der Waals surface area contributed by atoms with Gasteiger partial charge in [-0.1, -0.05) is 0 Å². The zero-order valence-electron chi connectivity index (χ0n) is 11.0. The first-order valence-corrected chi connectivity index (χ1v) is 6.83. The van der Waals surface area contributed by atoms with Crippen LogP contribution < -0.4 is 4.90 Å². The molecule has 2 fully saturated rings. The van der Waals surface area contributed by atoms with Gasteiger partial charge in [0.1, 0.15) is 0 Å². The second kappa shape index (κ2) is 5.24. The number of hydrogen-bond donors (Lipinski definition) is 0. The van der Waals surface area contributed by atoms with E-state index in [1.807, 2.05) is 6.20 Å². The number of likely N-dealkylation sites (tertiary alicyclic amines) is 1. The molecule has 98 valence electrons. The van der Waals surface area contributed by atoms with Crippen LogP contribution in [0.15, 0.2) is 18.3 Å². The van der Waals surface area contributed by atoms with Crippen LogP contribution in [0.3, 0.4) is 0 Å². The second-order valence-corrected chi connectivity index (χ2v) is 5.18. The average molecular weight is 247 g/mol. The summed E-state index contributed by atoms with van der Waals surface area (Å²) in [6, 6.07) is 4.92. The molecule has 0 bridgehead atoms. The van der Waals surface area contributed by atoms with Crippen LogP contribution in [-0.4, -0.2) is 49.8 Å². The standard InChI is InChI=1S/C14H21N3O/c1-16-6-2-3-14(16)13-5-4-12(11-15-13)17-7-9-18-10-8-17/h4-5,11,14H,2-3,6-10H2,1H3. The zero-order chi connectivity index (χ0) is 12.4. The summed E-state index contributed by atoms with van der Waals surface area (Å²) in [4.78, 5) is 9.41. The van der Waals surface area contributed by atoms with E-state index >= 15 is 0 Å². The molecule has 0 spiro atoms. The molecule has 1 aromatic heterocycles. The zero-order valence-corrected chi connectivity index (χ0v) is 11.0. The van der Waals surface area contributed by atoms with Crippen molar-refractivity contribution >= 4 is 5.69 Å². The molecule has 2 saturated heterocycles. The van der Waals surface area contributed by atoms with Gasteiger partial charge in [-0.3, -0.25) is 9.88 Å². The first kappa shape index (κ1) is 11.9. The van der Waals surface area contributed by atoms with Gasteiger partial charge in [-0.05, 0) is 38.6 Å². The predicted molar refractivity (Wildman–Crippen MR) is 71.9 cm³/mol. The summed E-state index contributed by atoms with van der Waals surface area (Å²) < 4.78 is 5.37. The fourth-order valence-electron chi connectivity index (χ4n) is 2.89. The molecule has 1 atom stereocenters. The molecule has 1 unspecified atom stereocenters. The topological polar surface area (TPSA) is 28.6 Å². The molecule has 4 nitrogen and oxygen atoms in total. The van der Waals surface area contributed by atoms with Gasteiger partial charge in [0.2, 0.25) is 0 Å². The van der Waals surface area contributed by atoms with E-state index in [0.717, 1.165) is 26.3 Å². The number of rotatable bonds is 2. The first-order valence-electron chi connectivity index (χ1n) is 6.83. The van der Waals surface area contributed by atoms with Gasteiger partial charge in [-0.2, -0.15) is 0 Å². The molecule has 0 N–H and O–H groups in total. The highest BCUT2D eigenvalue weighted by molar-refractivity contribution is 5.45. The van der Waals surface area contributed by atoms with Crippen molar-refractivity contribution in [2.45, 2.75) is 18.9 Å². The van der Waals surface area contributed by atoms with Crippen LogP contribution in [-0.2, 0) is 4.74 Å². The molecule has 0 aromatic carbocycles. The number of ether oxygens (including phenoxy) is 1. The van der Waals surface area contributed by atoms with E-state index in [0.29, 0.717) is 6.04 Å². The number of anilines is 1. The van der Waals surface area contributed by atoms with E-state index < -0.39 is 0 Å². The Balaban J connectivity index is 1.72. The Morgan fingerprint density at radius 3 is 2.67 bits per heavy atom. The Morgan fingerprint density at radius 1 is 1.22 bits per heavy atom. The summed E-state index contributed by atoms with van der Waals surface area (Å²) in [5, 5.41) is 0. The van der Waals surface area contributed by atoms with Crippen LogP contribution in [0.1, 0.15) is 24.6 Å². The lowest BCUT2D eigenvalue weighted by Crippen LogP contribution is -2.36. The Bertz CT molecular complexity index is 387. The predicted octanol–water partition coefficient (Wildman–Crippen LogP) is 1.68. The minimum Gasteiger partial charge on any atom is -0.378 e. The Hall–Kier alpha value is -1.13. The fourth-order valence-corrected chi connectivity index (χ4v) is 2.89. The third-order valence-electron chi connectivity index (χ3n) is 4.01. The molecule has 18 heavy (non-hydrogen) atoms. The summed E-state index contributed by atoms with van der Waals surface area (Å²) in [7, 11) is 2.19. The van der Waals surface area contributed by atoms with Crippen molar-refractivity contribution in [1.82, 2.24) is 9.88 Å². The Morgan fingerprint density at radius 2 is 2.06 bits per heavy atom. The Kier molecular flexibility index (Phi) is 3.48. The van der Waals surface area contributed by atoms with Gasteiger partial charge < -0.3 is 9.64 Å². The number of hydrogen-bond acceptors (Lipinski definition) is 4. The molecular weight excluding hydrogens is 226 g/mol. The van der Waals surface area contributed by atoms with Crippen LogP contribution in [0.2, 0.25) is 0 Å². The highest BCUT2D eigenvalue weighted by atomic mass is 16.5. The van der Waals surface area contributed by atoms with E-state index in [2.05, 4.69) is 34.0 Å². The van der Waals surface area contributed by atoms with Crippen molar-refractivity contribution in [1.29, 1.82) is 0 Å². The SMILES string of the molecule is CN1CCCC1c1ccc(N2CCOCC2)cn1. The van der Waals surface area contributed by atoms with E-state index in [4.69, 9.17) is 4.74 Å². The average Bonchev–Trinajstić information content (AvgIpc) is 2.86. The van der Waals surface area contributed by atoms with E-state index in [1.165, 1.54) is 30.8 Å². The summed E-state index contributed by atoms with van der Waals surface area (Å²) >= 11 is 0. The monoisotopic (exact) mass is 247 g/mol. The molecule has 2 aliphatic heterocycles. The smallest absolute Gasteiger partial charge is 0.0642 e. The lowest BCUT2D eigenvalue weighted by molar-refractivity contribution is 0.122. The maximum Gasteiger partial charge on any atom is 0.0642 e. The molecule has 0 saturated carbocycles. The minimum atomic E-state index is 0.517. The lowest BCUT2D eigenvalue weighted by atomic mass is 10.1. The van der Waals surface area contributed by atoms with Crippen molar-refractivity contribution in [3.05, 3.63) is 24.0 Å². The van der Waals surface area contributed by atoms with Crippen molar-refractivity contribution in [3.63, 3.8) is 0 Å². The van der Waals surface area contributed by atoms with Gasteiger partial charge in [0.25, 0.3) is 0 Å². The highest BCUT2D eigenvalue weighted by Gasteiger charge is 2.23. The summed E-state index contributed by atoms with van der Waals surface area (Å²) in [6.45, 7) is 4.80. The van der Waals surface area contributed by atoms with Crippen LogP contribution in [0.5, 0.6) is 0 Å². The highest BCUT2D eigenvalue weighted by Crippen LogP contribution is 2.29. The van der Waals surface area contributed by atoms with Crippen molar-refractivity contribution in [3.8, 4) is 0 Å². The van der Waals surface area contributed by atoms with Crippen molar-refractivity contribution in [2.75, 3.05) is 44.8 Å². The second-order valence-electron chi connectivity index (χ2n) is 5.18. The fraction of sp³-hybridized carbons (Fsp3) is 0.643. The number of nitrogens with zero attached hydrogens (tertiary/aromatic N) is 3. The van der Waals surface area contributed by atoms with Gasteiger partial charge in [0.15, 0.2) is 0 Å². The van der Waals surface area contributed by atoms with Crippen LogP contribution in [0, 0.1) is 0 Å². The molecular formula is C14H21N3O. The third-order valence-corrected chi connectivity index (χ3v) is 4.01. The molecule has 0 amide bonds. The minimum absolute atomic E-state index is 0.517. The van der Waals surface area contributed by atoms with Gasteiger partial charge >= 0.3 is 0 Å². The number of morpholine rings is 1. The maximum absolute atomic E-state index is 5.37. The van der Waals surface area contributed by atoms with Crippen LogP contribution >= 0.6 is 0 Å².